The van der Waals surface area contributed by atoms with Crippen LogP contribution in [0.3, 0.4) is 0 Å². The number of piperazine rings is 1. The van der Waals surface area contributed by atoms with Crippen LogP contribution in [0.5, 0.6) is 0 Å². The number of hydrogen-bond donors (Lipinski definition) is 1. The van der Waals surface area contributed by atoms with Gasteiger partial charge < -0.3 is 10.2 Å². The Labute approximate surface area is 168 Å². The van der Waals surface area contributed by atoms with Crippen LogP contribution in [0, 0.1) is 18.8 Å². The molecule has 0 radical (unpaired) electrons. The van der Waals surface area contributed by atoms with Crippen LogP contribution in [0.1, 0.15) is 25.8 Å². The van der Waals surface area contributed by atoms with E-state index in [-0.39, 0.29) is 11.8 Å². The van der Waals surface area contributed by atoms with Gasteiger partial charge in [0, 0.05) is 45.0 Å². The molecule has 0 bridgehead atoms. The van der Waals surface area contributed by atoms with Crippen LogP contribution >= 0.6 is 0 Å². The minimum atomic E-state index is 0.0198. The van der Waals surface area contributed by atoms with E-state index in [9.17, 15) is 9.59 Å². The first-order valence-electron chi connectivity index (χ1n) is 10.5. The van der Waals surface area contributed by atoms with E-state index in [0.717, 1.165) is 50.5 Å². The van der Waals surface area contributed by atoms with E-state index in [2.05, 4.69) is 29.0 Å². The summed E-state index contributed by atoms with van der Waals surface area (Å²) in [5.41, 5.74) is 1.98. The predicted octanol–water partition coefficient (Wildman–Crippen LogP) is 2.06. The fourth-order valence-corrected chi connectivity index (χ4v) is 4.39. The van der Waals surface area contributed by atoms with E-state index in [1.165, 1.54) is 6.42 Å². The van der Waals surface area contributed by atoms with Crippen molar-refractivity contribution in [3.8, 4) is 0 Å². The molecule has 28 heavy (non-hydrogen) atoms. The summed E-state index contributed by atoms with van der Waals surface area (Å²) in [4.78, 5) is 31.4. The van der Waals surface area contributed by atoms with Gasteiger partial charge in [-0.1, -0.05) is 26.0 Å². The van der Waals surface area contributed by atoms with Crippen LogP contribution in [0.25, 0.3) is 0 Å². The molecule has 0 saturated carbocycles. The number of likely N-dealkylation sites (tertiary alicyclic amines) is 1. The summed E-state index contributed by atoms with van der Waals surface area (Å²) in [5, 5.41) is 2.97. The van der Waals surface area contributed by atoms with Gasteiger partial charge in [0.2, 0.25) is 11.8 Å². The zero-order valence-corrected chi connectivity index (χ0v) is 17.5. The molecule has 2 heterocycles. The highest BCUT2D eigenvalue weighted by molar-refractivity contribution is 5.92. The monoisotopic (exact) mass is 386 g/mol. The summed E-state index contributed by atoms with van der Waals surface area (Å²) in [6.07, 6.45) is 1.22. The Kier molecular flexibility index (Phi) is 7.08. The van der Waals surface area contributed by atoms with E-state index in [0.29, 0.717) is 24.9 Å². The minimum absolute atomic E-state index is 0.0198. The lowest BCUT2D eigenvalue weighted by Gasteiger charge is -2.38. The second-order valence-electron chi connectivity index (χ2n) is 8.71. The third-order valence-electron chi connectivity index (χ3n) is 5.71. The zero-order chi connectivity index (χ0) is 20.1. The number of benzene rings is 1. The molecule has 2 atom stereocenters. The summed E-state index contributed by atoms with van der Waals surface area (Å²) in [5.74, 6) is 1.46. The number of carbonyl (C=O) groups excluding carboxylic acids is 2. The van der Waals surface area contributed by atoms with Gasteiger partial charge in [0.15, 0.2) is 0 Å². The Morgan fingerprint density at radius 2 is 1.61 bits per heavy atom. The molecule has 0 unspecified atom stereocenters. The van der Waals surface area contributed by atoms with Crippen molar-refractivity contribution in [3.63, 3.8) is 0 Å². The van der Waals surface area contributed by atoms with E-state index >= 15 is 0 Å². The van der Waals surface area contributed by atoms with Crippen molar-refractivity contribution in [1.29, 1.82) is 0 Å². The van der Waals surface area contributed by atoms with Gasteiger partial charge in [0.1, 0.15) is 0 Å². The summed E-state index contributed by atoms with van der Waals surface area (Å²) in [7, 11) is 0. The molecule has 2 aliphatic heterocycles. The third kappa shape index (κ3) is 6.04. The molecular weight excluding hydrogens is 352 g/mol. The average Bonchev–Trinajstić information content (AvgIpc) is 2.62. The first-order valence-corrected chi connectivity index (χ1v) is 10.5. The molecule has 0 aromatic heterocycles. The summed E-state index contributed by atoms with van der Waals surface area (Å²) in [6, 6.07) is 7.85. The topological polar surface area (TPSA) is 55.9 Å². The lowest BCUT2D eigenvalue weighted by atomic mass is 9.92. The van der Waals surface area contributed by atoms with Gasteiger partial charge in [-0.05, 0) is 42.9 Å². The Morgan fingerprint density at radius 3 is 2.21 bits per heavy atom. The molecule has 1 aromatic carbocycles. The van der Waals surface area contributed by atoms with E-state index in [1.54, 1.807) is 0 Å². The Bertz CT molecular complexity index is 675. The predicted molar refractivity (Wildman–Crippen MR) is 112 cm³/mol. The van der Waals surface area contributed by atoms with E-state index in [1.807, 2.05) is 36.1 Å². The van der Waals surface area contributed by atoms with Crippen molar-refractivity contribution in [2.45, 2.75) is 27.2 Å². The molecule has 1 N–H and O–H groups in total. The number of piperidine rings is 1. The molecule has 6 nitrogen and oxygen atoms in total. The van der Waals surface area contributed by atoms with Crippen LogP contribution < -0.4 is 5.32 Å². The number of anilines is 1. The van der Waals surface area contributed by atoms with Gasteiger partial charge in [-0.3, -0.25) is 19.4 Å². The molecule has 1 aromatic rings. The lowest BCUT2D eigenvalue weighted by molar-refractivity contribution is -0.135. The number of nitrogens with zero attached hydrogens (tertiary/aromatic N) is 3. The van der Waals surface area contributed by atoms with Crippen molar-refractivity contribution < 1.29 is 9.59 Å². The molecule has 2 aliphatic rings. The molecule has 154 valence electrons. The third-order valence-corrected chi connectivity index (χ3v) is 5.71. The summed E-state index contributed by atoms with van der Waals surface area (Å²) >= 11 is 0. The number of aryl methyl sites for hydroxylation is 1. The van der Waals surface area contributed by atoms with Gasteiger partial charge in [0.05, 0.1) is 13.1 Å². The number of carbonyl (C=O) groups is 2. The second kappa shape index (κ2) is 9.52. The van der Waals surface area contributed by atoms with Crippen molar-refractivity contribution in [2.24, 2.45) is 11.8 Å². The Hall–Kier alpha value is -1.92. The highest BCUT2D eigenvalue weighted by atomic mass is 16.2. The largest absolute Gasteiger partial charge is 0.341 e. The smallest absolute Gasteiger partial charge is 0.238 e. The SMILES string of the molecule is Cc1cccc(NC(=O)CN2CCN(CC(=O)N3C[C@@H](C)C[C@H](C)C3)CC2)c1. The highest BCUT2D eigenvalue weighted by Crippen LogP contribution is 2.21. The van der Waals surface area contributed by atoms with Gasteiger partial charge in [-0.15, -0.1) is 0 Å². The molecule has 3 rings (SSSR count). The van der Waals surface area contributed by atoms with Crippen molar-refractivity contribution in [1.82, 2.24) is 14.7 Å². The summed E-state index contributed by atoms with van der Waals surface area (Å²) in [6.45, 7) is 12.5. The second-order valence-corrected chi connectivity index (χ2v) is 8.71. The van der Waals surface area contributed by atoms with Crippen LogP contribution in [0.15, 0.2) is 24.3 Å². The maximum atomic E-state index is 12.7. The van der Waals surface area contributed by atoms with Gasteiger partial charge >= 0.3 is 0 Å². The van der Waals surface area contributed by atoms with Crippen LogP contribution in [0.2, 0.25) is 0 Å². The Balaban J connectivity index is 1.39. The molecule has 2 fully saturated rings. The van der Waals surface area contributed by atoms with Crippen molar-refractivity contribution in [3.05, 3.63) is 29.8 Å². The maximum Gasteiger partial charge on any atom is 0.238 e. The first kappa shape index (κ1) is 20.8. The lowest BCUT2D eigenvalue weighted by Crippen LogP contribution is -2.52. The molecule has 0 aliphatic carbocycles. The molecule has 0 spiro atoms. The van der Waals surface area contributed by atoms with Crippen LogP contribution in [-0.4, -0.2) is 78.9 Å². The van der Waals surface area contributed by atoms with E-state index < -0.39 is 0 Å². The first-order chi connectivity index (χ1) is 13.4. The number of rotatable bonds is 5. The van der Waals surface area contributed by atoms with Gasteiger partial charge in [-0.2, -0.15) is 0 Å². The minimum Gasteiger partial charge on any atom is -0.341 e. The van der Waals surface area contributed by atoms with E-state index in [4.69, 9.17) is 0 Å². The average molecular weight is 387 g/mol. The fourth-order valence-electron chi connectivity index (χ4n) is 4.39. The van der Waals surface area contributed by atoms with Crippen LogP contribution in [-0.2, 0) is 9.59 Å². The maximum absolute atomic E-state index is 12.7. The van der Waals surface area contributed by atoms with Gasteiger partial charge in [0.25, 0.3) is 0 Å². The van der Waals surface area contributed by atoms with Crippen molar-refractivity contribution >= 4 is 17.5 Å². The van der Waals surface area contributed by atoms with Crippen molar-refractivity contribution in [2.75, 3.05) is 57.7 Å². The fraction of sp³-hybridized carbons (Fsp3) is 0.636. The highest BCUT2D eigenvalue weighted by Gasteiger charge is 2.27. The molecule has 2 saturated heterocycles. The quantitative estimate of drug-likeness (QED) is 0.842. The Morgan fingerprint density at radius 1 is 1.00 bits per heavy atom. The zero-order valence-electron chi connectivity index (χ0n) is 17.5. The standard InChI is InChI=1S/C22H34N4O2/c1-17-5-4-6-20(12-17)23-21(27)15-24-7-9-25(10-8-24)16-22(28)26-13-18(2)11-19(3)14-26/h4-6,12,18-19H,7-11,13-16H2,1-3H3,(H,23,27)/t18-,19-/m0/s1. The number of amides is 2. The van der Waals surface area contributed by atoms with Gasteiger partial charge in [-0.25, -0.2) is 0 Å². The normalized spacial score (nSPS) is 24.2. The number of hydrogen-bond acceptors (Lipinski definition) is 4. The molecular formula is C22H34N4O2. The summed E-state index contributed by atoms with van der Waals surface area (Å²) < 4.78 is 0. The van der Waals surface area contributed by atoms with Crippen LogP contribution in [0.4, 0.5) is 5.69 Å². The molecule has 2 amide bonds. The number of nitrogens with one attached hydrogen (secondary N) is 1. The molecule has 6 heteroatoms.